The van der Waals surface area contributed by atoms with Gasteiger partial charge in [0.05, 0.1) is 0 Å². The number of aromatic nitrogens is 1. The molecular weight excluding hydrogens is 200 g/mol. The lowest BCUT2D eigenvalue weighted by molar-refractivity contribution is -0.125. The van der Waals surface area contributed by atoms with Gasteiger partial charge in [-0.25, -0.2) is 0 Å². The number of amides is 1. The largest absolute Gasteiger partial charge is 0.338 e. The van der Waals surface area contributed by atoms with Crippen LogP contribution in [0, 0.1) is 5.92 Å². The van der Waals surface area contributed by atoms with Crippen LogP contribution in [0.4, 0.5) is 0 Å². The summed E-state index contributed by atoms with van der Waals surface area (Å²) in [6.07, 6.45) is 5.00. The van der Waals surface area contributed by atoms with Crippen molar-refractivity contribution in [3.05, 3.63) is 42.7 Å². The monoisotopic (exact) mass is 216 g/mol. The van der Waals surface area contributed by atoms with Crippen LogP contribution in [0.15, 0.2) is 37.2 Å². The summed E-state index contributed by atoms with van der Waals surface area (Å²) in [6, 6.07) is 4.06. The van der Waals surface area contributed by atoms with Crippen LogP contribution < -0.4 is 0 Å². The Morgan fingerprint density at radius 3 is 2.81 bits per heavy atom. The molecule has 0 radical (unpaired) electrons. The van der Waals surface area contributed by atoms with E-state index in [1.807, 2.05) is 17.0 Å². The lowest BCUT2D eigenvalue weighted by atomic mass is 9.91. The summed E-state index contributed by atoms with van der Waals surface area (Å²) in [5, 5.41) is 0. The fraction of sp³-hybridized carbons (Fsp3) is 0.385. The second-order valence-electron chi connectivity index (χ2n) is 4.31. The SMILES string of the molecule is C=CC(=O)N1C[C@@H](C)[C@H](c2ccncc2)C1. The van der Waals surface area contributed by atoms with E-state index in [0.29, 0.717) is 11.8 Å². The highest BCUT2D eigenvalue weighted by molar-refractivity contribution is 5.87. The van der Waals surface area contributed by atoms with Gasteiger partial charge in [-0.05, 0) is 29.7 Å². The molecule has 2 heterocycles. The van der Waals surface area contributed by atoms with Crippen molar-refractivity contribution in [1.29, 1.82) is 0 Å². The average molecular weight is 216 g/mol. The van der Waals surface area contributed by atoms with Gasteiger partial charge in [0.1, 0.15) is 0 Å². The van der Waals surface area contributed by atoms with Gasteiger partial charge < -0.3 is 4.90 Å². The van der Waals surface area contributed by atoms with Crippen molar-refractivity contribution >= 4 is 5.91 Å². The highest BCUT2D eigenvalue weighted by Gasteiger charge is 2.32. The number of rotatable bonds is 2. The van der Waals surface area contributed by atoms with E-state index in [9.17, 15) is 4.79 Å². The third kappa shape index (κ3) is 1.98. The van der Waals surface area contributed by atoms with Gasteiger partial charge in [0.25, 0.3) is 0 Å². The zero-order valence-corrected chi connectivity index (χ0v) is 9.47. The summed E-state index contributed by atoms with van der Waals surface area (Å²) in [4.78, 5) is 17.4. The van der Waals surface area contributed by atoms with Crippen LogP contribution in [0.1, 0.15) is 18.4 Å². The van der Waals surface area contributed by atoms with Gasteiger partial charge in [-0.1, -0.05) is 13.5 Å². The molecule has 1 aromatic heterocycles. The van der Waals surface area contributed by atoms with Gasteiger partial charge in [-0.3, -0.25) is 9.78 Å². The second kappa shape index (κ2) is 4.47. The molecule has 1 fully saturated rings. The van der Waals surface area contributed by atoms with Crippen molar-refractivity contribution in [3.63, 3.8) is 0 Å². The predicted molar refractivity (Wildman–Crippen MR) is 62.9 cm³/mol. The lowest BCUT2D eigenvalue weighted by Gasteiger charge is -2.14. The Kier molecular flexibility index (Phi) is 3.04. The van der Waals surface area contributed by atoms with E-state index in [1.54, 1.807) is 12.4 Å². The number of hydrogen-bond acceptors (Lipinski definition) is 2. The predicted octanol–water partition coefficient (Wildman–Crippen LogP) is 1.83. The summed E-state index contributed by atoms with van der Waals surface area (Å²) in [6.45, 7) is 7.31. The van der Waals surface area contributed by atoms with Crippen molar-refractivity contribution in [2.45, 2.75) is 12.8 Å². The van der Waals surface area contributed by atoms with Crippen LogP contribution in [0.25, 0.3) is 0 Å². The summed E-state index contributed by atoms with van der Waals surface area (Å²) < 4.78 is 0. The van der Waals surface area contributed by atoms with E-state index >= 15 is 0 Å². The van der Waals surface area contributed by atoms with E-state index in [2.05, 4.69) is 18.5 Å². The van der Waals surface area contributed by atoms with Crippen molar-refractivity contribution in [3.8, 4) is 0 Å². The van der Waals surface area contributed by atoms with Gasteiger partial charge >= 0.3 is 0 Å². The zero-order valence-electron chi connectivity index (χ0n) is 9.47. The first-order valence-electron chi connectivity index (χ1n) is 5.53. The van der Waals surface area contributed by atoms with E-state index in [0.717, 1.165) is 13.1 Å². The van der Waals surface area contributed by atoms with Crippen molar-refractivity contribution in [1.82, 2.24) is 9.88 Å². The molecule has 16 heavy (non-hydrogen) atoms. The van der Waals surface area contributed by atoms with Crippen LogP contribution >= 0.6 is 0 Å². The molecule has 1 aliphatic rings. The Hall–Kier alpha value is -1.64. The Bertz CT molecular complexity index is 388. The molecule has 1 aromatic rings. The number of likely N-dealkylation sites (tertiary alicyclic amines) is 1. The maximum absolute atomic E-state index is 11.5. The van der Waals surface area contributed by atoms with Gasteiger partial charge in [0, 0.05) is 31.4 Å². The Balaban J connectivity index is 2.14. The Morgan fingerprint density at radius 2 is 2.19 bits per heavy atom. The summed E-state index contributed by atoms with van der Waals surface area (Å²) >= 11 is 0. The van der Waals surface area contributed by atoms with Gasteiger partial charge in [-0.15, -0.1) is 0 Å². The molecule has 1 saturated heterocycles. The lowest BCUT2D eigenvalue weighted by Crippen LogP contribution is -2.26. The standard InChI is InChI=1S/C13H16N2O/c1-3-13(16)15-8-10(2)12(9-15)11-4-6-14-7-5-11/h3-7,10,12H,1,8-9H2,2H3/t10-,12-/m1/s1. The quantitative estimate of drug-likeness (QED) is 0.707. The fourth-order valence-corrected chi connectivity index (χ4v) is 2.32. The van der Waals surface area contributed by atoms with Crippen molar-refractivity contribution < 1.29 is 4.79 Å². The topological polar surface area (TPSA) is 33.2 Å². The highest BCUT2D eigenvalue weighted by Crippen LogP contribution is 2.31. The first-order valence-corrected chi connectivity index (χ1v) is 5.53. The van der Waals surface area contributed by atoms with Crippen LogP contribution in [0.5, 0.6) is 0 Å². The maximum atomic E-state index is 11.5. The molecule has 2 atom stereocenters. The molecule has 1 aliphatic heterocycles. The maximum Gasteiger partial charge on any atom is 0.245 e. The van der Waals surface area contributed by atoms with E-state index in [4.69, 9.17) is 0 Å². The molecular formula is C13H16N2O. The third-order valence-electron chi connectivity index (χ3n) is 3.23. The van der Waals surface area contributed by atoms with Gasteiger partial charge in [-0.2, -0.15) is 0 Å². The Morgan fingerprint density at radius 1 is 1.50 bits per heavy atom. The molecule has 0 saturated carbocycles. The van der Waals surface area contributed by atoms with Crippen LogP contribution in [-0.2, 0) is 4.79 Å². The molecule has 0 aromatic carbocycles. The first kappa shape index (κ1) is 10.9. The number of carbonyl (C=O) groups is 1. The summed E-state index contributed by atoms with van der Waals surface area (Å²) in [7, 11) is 0. The molecule has 0 spiro atoms. The van der Waals surface area contributed by atoms with E-state index in [-0.39, 0.29) is 5.91 Å². The molecule has 1 amide bonds. The first-order chi connectivity index (χ1) is 7.72. The summed E-state index contributed by atoms with van der Waals surface area (Å²) in [5.74, 6) is 0.946. The van der Waals surface area contributed by atoms with Gasteiger partial charge in [0.2, 0.25) is 5.91 Å². The fourth-order valence-electron chi connectivity index (χ4n) is 2.32. The number of nitrogens with zero attached hydrogens (tertiary/aromatic N) is 2. The van der Waals surface area contributed by atoms with Gasteiger partial charge in [0.15, 0.2) is 0 Å². The molecule has 2 rings (SSSR count). The average Bonchev–Trinajstić information content (AvgIpc) is 2.71. The second-order valence-corrected chi connectivity index (χ2v) is 4.31. The smallest absolute Gasteiger partial charge is 0.245 e. The Labute approximate surface area is 95.8 Å². The van der Waals surface area contributed by atoms with Crippen molar-refractivity contribution in [2.24, 2.45) is 5.92 Å². The molecule has 3 nitrogen and oxygen atoms in total. The van der Waals surface area contributed by atoms with Crippen LogP contribution in [0.2, 0.25) is 0 Å². The minimum atomic E-state index is 0.0309. The molecule has 0 N–H and O–H groups in total. The molecule has 84 valence electrons. The number of pyridine rings is 1. The molecule has 0 aliphatic carbocycles. The number of carbonyl (C=O) groups excluding carboxylic acids is 1. The minimum absolute atomic E-state index is 0.0309. The van der Waals surface area contributed by atoms with Crippen molar-refractivity contribution in [2.75, 3.05) is 13.1 Å². The molecule has 0 bridgehead atoms. The molecule has 3 heteroatoms. The zero-order chi connectivity index (χ0) is 11.5. The normalized spacial score (nSPS) is 24.4. The highest BCUT2D eigenvalue weighted by atomic mass is 16.2. The van der Waals surface area contributed by atoms with E-state index < -0.39 is 0 Å². The third-order valence-corrected chi connectivity index (χ3v) is 3.23. The van der Waals surface area contributed by atoms with Crippen LogP contribution in [0.3, 0.4) is 0 Å². The van der Waals surface area contributed by atoms with E-state index in [1.165, 1.54) is 11.6 Å². The summed E-state index contributed by atoms with van der Waals surface area (Å²) in [5.41, 5.74) is 1.27. The molecule has 0 unspecified atom stereocenters. The minimum Gasteiger partial charge on any atom is -0.338 e. The number of hydrogen-bond donors (Lipinski definition) is 0. The van der Waals surface area contributed by atoms with Crippen LogP contribution in [-0.4, -0.2) is 28.9 Å².